The van der Waals surface area contributed by atoms with Gasteiger partial charge in [0, 0.05) is 0 Å². The van der Waals surface area contributed by atoms with Crippen molar-refractivity contribution in [2.24, 2.45) is 5.10 Å². The van der Waals surface area contributed by atoms with Gasteiger partial charge < -0.3 is 9.47 Å². The predicted molar refractivity (Wildman–Crippen MR) is 85.2 cm³/mol. The van der Waals surface area contributed by atoms with Gasteiger partial charge in [0.05, 0.1) is 12.8 Å². The van der Waals surface area contributed by atoms with Crippen molar-refractivity contribution < 1.29 is 18.7 Å². The molecule has 120 valence electrons. The molecule has 0 aliphatic rings. The van der Waals surface area contributed by atoms with Gasteiger partial charge in [-0.2, -0.15) is 5.10 Å². The lowest BCUT2D eigenvalue weighted by atomic mass is 10.2. The van der Waals surface area contributed by atoms with E-state index in [1.165, 1.54) is 18.3 Å². The number of hydrogen-bond acceptors (Lipinski definition) is 4. The van der Waals surface area contributed by atoms with Crippen molar-refractivity contribution in [3.8, 4) is 11.5 Å². The highest BCUT2D eigenvalue weighted by molar-refractivity contribution is 5.83. The van der Waals surface area contributed by atoms with Gasteiger partial charge in [0.2, 0.25) is 0 Å². The molecular weight excluding hydrogens is 299 g/mol. The second kappa shape index (κ2) is 8.53. The summed E-state index contributed by atoms with van der Waals surface area (Å²) in [5.74, 6) is -0.196. The first-order chi connectivity index (χ1) is 11.2. The van der Waals surface area contributed by atoms with Crippen molar-refractivity contribution in [2.45, 2.75) is 6.92 Å². The number of hydrazone groups is 1. The van der Waals surface area contributed by atoms with Gasteiger partial charge in [-0.15, -0.1) is 0 Å². The van der Waals surface area contributed by atoms with Crippen molar-refractivity contribution in [1.29, 1.82) is 0 Å². The van der Waals surface area contributed by atoms with Crippen molar-refractivity contribution in [1.82, 2.24) is 5.43 Å². The van der Waals surface area contributed by atoms with Gasteiger partial charge in [0.1, 0.15) is 5.75 Å². The van der Waals surface area contributed by atoms with Crippen LogP contribution in [0.4, 0.5) is 4.39 Å². The molecule has 0 aromatic heterocycles. The van der Waals surface area contributed by atoms with Gasteiger partial charge in [-0.05, 0) is 48.9 Å². The topological polar surface area (TPSA) is 59.9 Å². The first-order valence-corrected chi connectivity index (χ1v) is 7.11. The molecule has 0 fully saturated rings. The molecule has 2 rings (SSSR count). The van der Waals surface area contributed by atoms with Gasteiger partial charge in [-0.1, -0.05) is 12.1 Å². The highest BCUT2D eigenvalue weighted by Crippen LogP contribution is 2.14. The first-order valence-electron chi connectivity index (χ1n) is 7.11. The van der Waals surface area contributed by atoms with E-state index >= 15 is 0 Å². The fourth-order valence-corrected chi connectivity index (χ4v) is 1.73. The number of carbonyl (C=O) groups is 1. The number of carbonyl (C=O) groups excluding carboxylic acids is 1. The first kappa shape index (κ1) is 16.5. The van der Waals surface area contributed by atoms with Crippen LogP contribution in [0.2, 0.25) is 0 Å². The quantitative estimate of drug-likeness (QED) is 0.631. The van der Waals surface area contributed by atoms with E-state index < -0.39 is 11.7 Å². The Morgan fingerprint density at radius 1 is 1.17 bits per heavy atom. The molecule has 0 saturated carbocycles. The van der Waals surface area contributed by atoms with Crippen LogP contribution in [-0.4, -0.2) is 25.3 Å². The van der Waals surface area contributed by atoms with Crippen LogP contribution in [0.15, 0.2) is 53.6 Å². The molecular formula is C17H17FN2O3. The van der Waals surface area contributed by atoms with Gasteiger partial charge in [0.15, 0.2) is 18.2 Å². The van der Waals surface area contributed by atoms with E-state index in [0.717, 1.165) is 11.3 Å². The Kier molecular flexibility index (Phi) is 6.11. The molecule has 2 aromatic carbocycles. The van der Waals surface area contributed by atoms with E-state index in [4.69, 9.17) is 9.47 Å². The maximum atomic E-state index is 13.3. The number of benzene rings is 2. The Morgan fingerprint density at radius 3 is 2.61 bits per heavy atom. The molecule has 0 aliphatic heterocycles. The summed E-state index contributed by atoms with van der Waals surface area (Å²) < 4.78 is 23.7. The molecule has 0 radical (unpaired) electrons. The van der Waals surface area contributed by atoms with Crippen molar-refractivity contribution >= 4 is 12.1 Å². The third kappa shape index (κ3) is 5.43. The molecule has 0 unspecified atom stereocenters. The Hall–Kier alpha value is -2.89. The van der Waals surface area contributed by atoms with Crippen molar-refractivity contribution in [3.63, 3.8) is 0 Å². The molecule has 6 heteroatoms. The second-order valence-electron chi connectivity index (χ2n) is 4.51. The van der Waals surface area contributed by atoms with Gasteiger partial charge in [0.25, 0.3) is 5.91 Å². The van der Waals surface area contributed by atoms with E-state index in [-0.39, 0.29) is 12.4 Å². The van der Waals surface area contributed by atoms with E-state index in [0.29, 0.717) is 6.61 Å². The number of hydrogen-bond donors (Lipinski definition) is 1. The van der Waals surface area contributed by atoms with E-state index in [9.17, 15) is 9.18 Å². The van der Waals surface area contributed by atoms with Crippen molar-refractivity contribution in [3.05, 3.63) is 59.9 Å². The number of amides is 1. The lowest BCUT2D eigenvalue weighted by Crippen LogP contribution is -2.24. The maximum Gasteiger partial charge on any atom is 0.277 e. The average Bonchev–Trinajstić information content (AvgIpc) is 2.56. The molecule has 1 N–H and O–H groups in total. The van der Waals surface area contributed by atoms with Crippen LogP contribution in [-0.2, 0) is 4.79 Å². The van der Waals surface area contributed by atoms with E-state index in [1.54, 1.807) is 12.1 Å². The lowest BCUT2D eigenvalue weighted by molar-refractivity contribution is -0.123. The maximum absolute atomic E-state index is 13.3. The fourth-order valence-electron chi connectivity index (χ4n) is 1.73. The van der Waals surface area contributed by atoms with Crippen LogP contribution in [0, 0.1) is 5.82 Å². The second-order valence-corrected chi connectivity index (χ2v) is 4.51. The summed E-state index contributed by atoms with van der Waals surface area (Å²) in [6.45, 7) is 2.20. The molecule has 5 nitrogen and oxygen atoms in total. The summed E-state index contributed by atoms with van der Waals surface area (Å²) in [5, 5.41) is 3.81. The van der Waals surface area contributed by atoms with Crippen LogP contribution in [0.5, 0.6) is 11.5 Å². The number of nitrogens with one attached hydrogen (secondary N) is 1. The molecule has 23 heavy (non-hydrogen) atoms. The highest BCUT2D eigenvalue weighted by atomic mass is 19.1. The van der Waals surface area contributed by atoms with E-state index in [2.05, 4.69) is 10.5 Å². The zero-order valence-electron chi connectivity index (χ0n) is 12.7. The fraction of sp³-hybridized carbons (Fsp3) is 0.176. The van der Waals surface area contributed by atoms with Crippen LogP contribution < -0.4 is 14.9 Å². The SMILES string of the molecule is CCOc1ccc(/C=N/NC(=O)COc2ccccc2F)cc1. The Morgan fingerprint density at radius 2 is 1.91 bits per heavy atom. The highest BCUT2D eigenvalue weighted by Gasteiger charge is 2.05. The monoisotopic (exact) mass is 316 g/mol. The number of ether oxygens (including phenoxy) is 2. The Bertz CT molecular complexity index is 672. The minimum Gasteiger partial charge on any atom is -0.494 e. The van der Waals surface area contributed by atoms with Gasteiger partial charge in [-0.3, -0.25) is 4.79 Å². The predicted octanol–water partition coefficient (Wildman–Crippen LogP) is 2.75. The molecule has 0 spiro atoms. The number of para-hydroxylation sites is 1. The smallest absolute Gasteiger partial charge is 0.277 e. The standard InChI is InChI=1S/C17H17FN2O3/c1-2-22-14-9-7-13(8-10-14)11-19-20-17(21)12-23-16-6-4-3-5-15(16)18/h3-11H,2,12H2,1H3,(H,20,21)/b19-11+. The lowest BCUT2D eigenvalue weighted by Gasteiger charge is -2.05. The van der Waals surface area contributed by atoms with Crippen molar-refractivity contribution in [2.75, 3.05) is 13.2 Å². The summed E-state index contributed by atoms with van der Waals surface area (Å²) in [4.78, 5) is 11.6. The van der Waals surface area contributed by atoms with Gasteiger partial charge in [-0.25, -0.2) is 9.82 Å². The third-order valence-corrected chi connectivity index (χ3v) is 2.79. The minimum atomic E-state index is -0.516. The number of rotatable bonds is 7. The van der Waals surface area contributed by atoms with E-state index in [1.807, 2.05) is 31.2 Å². The molecule has 0 saturated heterocycles. The number of nitrogens with zero attached hydrogens (tertiary/aromatic N) is 1. The Balaban J connectivity index is 1.78. The summed E-state index contributed by atoms with van der Waals surface area (Å²) in [6, 6.07) is 13.1. The number of halogens is 1. The van der Waals surface area contributed by atoms with Crippen LogP contribution >= 0.6 is 0 Å². The summed E-state index contributed by atoms with van der Waals surface area (Å²) in [7, 11) is 0. The van der Waals surface area contributed by atoms with Crippen LogP contribution in [0.1, 0.15) is 12.5 Å². The molecule has 1 amide bonds. The third-order valence-electron chi connectivity index (χ3n) is 2.79. The summed E-state index contributed by atoms with van der Waals surface area (Å²) in [5.41, 5.74) is 3.12. The molecule has 0 heterocycles. The minimum absolute atomic E-state index is 0.0261. The normalized spacial score (nSPS) is 10.5. The van der Waals surface area contributed by atoms with Gasteiger partial charge >= 0.3 is 0 Å². The zero-order chi connectivity index (χ0) is 16.5. The molecule has 2 aromatic rings. The average molecular weight is 316 g/mol. The largest absolute Gasteiger partial charge is 0.494 e. The van der Waals surface area contributed by atoms with Crippen LogP contribution in [0.25, 0.3) is 0 Å². The van der Waals surface area contributed by atoms with Crippen LogP contribution in [0.3, 0.4) is 0 Å². The zero-order valence-corrected chi connectivity index (χ0v) is 12.7. The Labute approximate surface area is 133 Å². The molecule has 0 bridgehead atoms. The summed E-state index contributed by atoms with van der Waals surface area (Å²) in [6.07, 6.45) is 1.50. The molecule has 0 atom stereocenters. The summed E-state index contributed by atoms with van der Waals surface area (Å²) >= 11 is 0. The molecule has 0 aliphatic carbocycles.